The van der Waals surface area contributed by atoms with Crippen LogP contribution in [-0.4, -0.2) is 65.1 Å². The predicted octanol–water partition coefficient (Wildman–Crippen LogP) is 10.5. The summed E-state index contributed by atoms with van der Waals surface area (Å²) in [4.78, 5) is 34.4. The fourth-order valence-corrected chi connectivity index (χ4v) is 7.04. The quantitative estimate of drug-likeness (QED) is 0.150. The molecule has 6 nitrogen and oxygen atoms in total. The third-order valence-electron chi connectivity index (χ3n) is 7.95. The van der Waals surface area contributed by atoms with Gasteiger partial charge in [0.05, 0.1) is 5.70 Å². The lowest BCUT2D eigenvalue weighted by molar-refractivity contribution is -0.134. The SMILES string of the molecule is C#C/C(C)=C(\N=CCBr)C(c1c(Br)cc(Cl)cc1C=C)C1CCN(C(=O)CC2CCN(C(=O)OC(C)(C)C)CC2)CC1.CC.CC. The molecule has 1 aromatic carbocycles. The molecule has 0 saturated carbocycles. The topological polar surface area (TPSA) is 62.2 Å². The van der Waals surface area contributed by atoms with Crippen molar-refractivity contribution in [3.8, 4) is 12.3 Å². The number of hydrogen-bond donors (Lipinski definition) is 0. The highest BCUT2D eigenvalue weighted by Crippen LogP contribution is 2.45. The smallest absolute Gasteiger partial charge is 0.410 e. The highest BCUT2D eigenvalue weighted by molar-refractivity contribution is 9.10. The van der Waals surface area contributed by atoms with E-state index in [1.54, 1.807) is 4.90 Å². The molecule has 0 radical (unpaired) electrons. The third-order valence-corrected chi connectivity index (χ3v) is 9.11. The van der Waals surface area contributed by atoms with Gasteiger partial charge in [-0.25, -0.2) is 4.79 Å². The molecule has 9 heteroatoms. The van der Waals surface area contributed by atoms with E-state index in [1.165, 1.54) is 0 Å². The van der Waals surface area contributed by atoms with Crippen molar-refractivity contribution in [2.24, 2.45) is 16.8 Å². The Kier molecular flexibility index (Phi) is 19.2. The lowest BCUT2D eigenvalue weighted by Gasteiger charge is -2.38. The van der Waals surface area contributed by atoms with Crippen molar-refractivity contribution >= 4 is 67.8 Å². The Balaban J connectivity index is 0.00000254. The molecule has 1 aromatic rings. The summed E-state index contributed by atoms with van der Waals surface area (Å²) < 4.78 is 6.40. The van der Waals surface area contributed by atoms with Gasteiger partial charge in [0.25, 0.3) is 0 Å². The van der Waals surface area contributed by atoms with Crippen LogP contribution in [0.5, 0.6) is 0 Å². The lowest BCUT2D eigenvalue weighted by atomic mass is 9.75. The number of amides is 2. The molecular weight excluding hydrogens is 730 g/mol. The number of halogens is 3. The number of allylic oxidation sites excluding steroid dienone is 2. The summed E-state index contributed by atoms with van der Waals surface area (Å²) >= 11 is 13.6. The number of aliphatic imine (C=N–C) groups is 1. The van der Waals surface area contributed by atoms with Crippen LogP contribution < -0.4 is 0 Å². The normalized spacial score (nSPS) is 17.1. The van der Waals surface area contributed by atoms with E-state index in [1.807, 2.05) is 84.7 Å². The lowest BCUT2D eigenvalue weighted by Crippen LogP contribution is -2.44. The maximum absolute atomic E-state index is 13.4. The van der Waals surface area contributed by atoms with Crippen molar-refractivity contribution in [2.75, 3.05) is 31.5 Å². The summed E-state index contributed by atoms with van der Waals surface area (Å²) in [5.74, 6) is 3.39. The van der Waals surface area contributed by atoms with Crippen molar-refractivity contribution in [2.45, 2.75) is 99.0 Å². The number of benzene rings is 1. The van der Waals surface area contributed by atoms with E-state index in [0.29, 0.717) is 43.0 Å². The number of rotatable bonds is 8. The summed E-state index contributed by atoms with van der Waals surface area (Å²) in [5, 5.41) is 1.24. The molecule has 0 N–H and O–H groups in total. The molecule has 2 heterocycles. The minimum Gasteiger partial charge on any atom is -0.444 e. The molecule has 2 fully saturated rings. The van der Waals surface area contributed by atoms with Gasteiger partial charge in [-0.3, -0.25) is 9.79 Å². The Labute approximate surface area is 300 Å². The number of likely N-dealkylation sites (tertiary alicyclic amines) is 2. The van der Waals surface area contributed by atoms with E-state index in [-0.39, 0.29) is 29.8 Å². The molecular formula is C37H54Br2ClN3O3. The minimum absolute atomic E-state index is 0.0922. The first-order valence-corrected chi connectivity index (χ1v) is 18.8. The summed E-state index contributed by atoms with van der Waals surface area (Å²) in [6.07, 6.45) is 13.0. The van der Waals surface area contributed by atoms with Gasteiger partial charge in [0.1, 0.15) is 5.60 Å². The Morgan fingerprint density at radius 1 is 1.11 bits per heavy atom. The van der Waals surface area contributed by atoms with E-state index >= 15 is 0 Å². The van der Waals surface area contributed by atoms with E-state index in [2.05, 4.69) is 44.4 Å². The summed E-state index contributed by atoms with van der Waals surface area (Å²) in [6.45, 7) is 22.2. The van der Waals surface area contributed by atoms with Crippen molar-refractivity contribution < 1.29 is 14.3 Å². The van der Waals surface area contributed by atoms with E-state index in [9.17, 15) is 9.59 Å². The molecule has 2 amide bonds. The molecule has 2 aliphatic rings. The third kappa shape index (κ3) is 12.5. The van der Waals surface area contributed by atoms with E-state index in [4.69, 9.17) is 27.8 Å². The molecule has 0 spiro atoms. The van der Waals surface area contributed by atoms with Gasteiger partial charge in [-0.05, 0) is 88.5 Å². The molecule has 0 aliphatic carbocycles. The fraction of sp³-hybridized carbons (Fsp3) is 0.595. The van der Waals surface area contributed by atoms with Crippen LogP contribution in [0, 0.1) is 24.2 Å². The van der Waals surface area contributed by atoms with Crippen molar-refractivity contribution in [1.82, 2.24) is 9.80 Å². The molecule has 0 bridgehead atoms. The summed E-state index contributed by atoms with van der Waals surface area (Å²) in [5.41, 5.74) is 3.12. The average molecular weight is 784 g/mol. The number of hydrogen-bond acceptors (Lipinski definition) is 4. The number of piperidine rings is 2. The van der Waals surface area contributed by atoms with Crippen LogP contribution in [-0.2, 0) is 9.53 Å². The van der Waals surface area contributed by atoms with Gasteiger partial charge >= 0.3 is 6.09 Å². The van der Waals surface area contributed by atoms with Crippen LogP contribution in [0.2, 0.25) is 5.02 Å². The maximum Gasteiger partial charge on any atom is 0.410 e. The van der Waals surface area contributed by atoms with Crippen molar-refractivity contribution in [3.05, 3.63) is 50.6 Å². The first kappa shape index (κ1) is 41.9. The number of carbonyl (C=O) groups excluding carboxylic acids is 2. The van der Waals surface area contributed by atoms with Gasteiger partial charge < -0.3 is 14.5 Å². The van der Waals surface area contributed by atoms with Gasteiger partial charge in [-0.1, -0.05) is 89.7 Å². The van der Waals surface area contributed by atoms with Crippen LogP contribution >= 0.6 is 43.5 Å². The van der Waals surface area contributed by atoms with Crippen LogP contribution in [0.1, 0.15) is 105 Å². The number of terminal acetylenes is 1. The van der Waals surface area contributed by atoms with Crippen LogP contribution in [0.25, 0.3) is 6.08 Å². The zero-order valence-electron chi connectivity index (χ0n) is 29.1. The molecule has 0 aromatic heterocycles. The van der Waals surface area contributed by atoms with Gasteiger partial charge in [0, 0.05) is 65.1 Å². The Morgan fingerprint density at radius 2 is 1.67 bits per heavy atom. The minimum atomic E-state index is -0.512. The summed E-state index contributed by atoms with van der Waals surface area (Å²) in [7, 11) is 0. The molecule has 1 atom stereocenters. The largest absolute Gasteiger partial charge is 0.444 e. The van der Waals surface area contributed by atoms with Gasteiger partial charge in [0.2, 0.25) is 5.91 Å². The van der Waals surface area contributed by atoms with Crippen molar-refractivity contribution in [1.29, 1.82) is 0 Å². The first-order valence-electron chi connectivity index (χ1n) is 16.5. The molecule has 256 valence electrons. The van der Waals surface area contributed by atoms with E-state index < -0.39 is 5.60 Å². The Hall–Kier alpha value is -2.08. The summed E-state index contributed by atoms with van der Waals surface area (Å²) in [6, 6.07) is 3.83. The molecule has 2 aliphatic heterocycles. The molecule has 2 saturated heterocycles. The predicted molar refractivity (Wildman–Crippen MR) is 203 cm³/mol. The molecule has 3 rings (SSSR count). The first-order chi connectivity index (χ1) is 21.9. The number of ether oxygens (including phenoxy) is 1. The Morgan fingerprint density at radius 3 is 2.17 bits per heavy atom. The monoisotopic (exact) mass is 781 g/mol. The second-order valence-electron chi connectivity index (χ2n) is 12.0. The zero-order valence-corrected chi connectivity index (χ0v) is 33.0. The number of nitrogens with zero attached hydrogens (tertiary/aromatic N) is 3. The maximum atomic E-state index is 13.4. The van der Waals surface area contributed by atoms with Gasteiger partial charge in [-0.2, -0.15) is 0 Å². The Bertz CT molecular complexity index is 1250. The second-order valence-corrected chi connectivity index (χ2v) is 14.0. The molecule has 46 heavy (non-hydrogen) atoms. The fourth-order valence-electron chi connectivity index (χ4n) is 5.82. The van der Waals surface area contributed by atoms with Crippen LogP contribution in [0.4, 0.5) is 4.79 Å². The van der Waals surface area contributed by atoms with Gasteiger partial charge in [0.15, 0.2) is 0 Å². The van der Waals surface area contributed by atoms with E-state index in [0.717, 1.165) is 52.6 Å². The standard InChI is InChI=1S/C33H42Br2ClN3O3.2C2H6/c1-7-22(3)31(37-14-13-34)30(29-24(8-2)20-26(36)21-27(29)35)25-11-17-38(18-12-25)28(40)19-23-9-15-39(16-10-23)32(41)42-33(4,5)6;2*1-2/h1,8,14,20-21,23,25,30H,2,9-13,15-19H2,3-6H3;2*1-2H3/b31-22-,37-14?;;. The van der Waals surface area contributed by atoms with Crippen LogP contribution in [0.3, 0.4) is 0 Å². The number of carbonyl (C=O) groups is 2. The highest BCUT2D eigenvalue weighted by Gasteiger charge is 2.35. The van der Waals surface area contributed by atoms with Gasteiger partial charge in [-0.15, -0.1) is 6.42 Å². The molecule has 1 unspecified atom stereocenters. The average Bonchev–Trinajstić information content (AvgIpc) is 3.04. The zero-order chi connectivity index (χ0) is 35.0. The van der Waals surface area contributed by atoms with Crippen LogP contribution in [0.15, 0.2) is 39.4 Å². The second kappa shape index (κ2) is 21.0. The highest BCUT2D eigenvalue weighted by atomic mass is 79.9. The number of alkyl halides is 1. The van der Waals surface area contributed by atoms with Crippen molar-refractivity contribution in [3.63, 3.8) is 0 Å².